The van der Waals surface area contributed by atoms with Crippen molar-refractivity contribution < 1.29 is 9.90 Å². The molecule has 3 aromatic rings. The van der Waals surface area contributed by atoms with Crippen LogP contribution in [0.15, 0.2) is 46.7 Å². The zero-order valence-electron chi connectivity index (χ0n) is 13.2. The van der Waals surface area contributed by atoms with Crippen molar-refractivity contribution in [3.63, 3.8) is 0 Å². The number of fused-ring (bicyclic) bond motifs is 1. The Morgan fingerprint density at radius 3 is 2.54 bits per heavy atom. The quantitative estimate of drug-likeness (QED) is 0.617. The van der Waals surface area contributed by atoms with E-state index in [2.05, 4.69) is 6.07 Å². The van der Waals surface area contributed by atoms with Crippen LogP contribution < -0.4 is 0 Å². The van der Waals surface area contributed by atoms with E-state index >= 15 is 0 Å². The lowest BCUT2D eigenvalue weighted by Gasteiger charge is -2.05. The summed E-state index contributed by atoms with van der Waals surface area (Å²) in [4.78, 5) is 11.9. The molecule has 0 bridgehead atoms. The number of carboxylic acids is 1. The van der Waals surface area contributed by atoms with Crippen molar-refractivity contribution in [1.29, 1.82) is 5.26 Å². The molecule has 0 aliphatic carbocycles. The summed E-state index contributed by atoms with van der Waals surface area (Å²) in [6, 6.07) is 15.9. The number of thioether (sulfide) groups is 1. The molecule has 0 amide bonds. The van der Waals surface area contributed by atoms with Crippen molar-refractivity contribution >= 4 is 39.8 Å². The first kappa shape index (κ1) is 16.6. The first-order valence-electron chi connectivity index (χ1n) is 7.47. The van der Waals surface area contributed by atoms with E-state index in [1.807, 2.05) is 56.3 Å². The molecule has 0 saturated carbocycles. The maximum absolute atomic E-state index is 11.7. The molecule has 0 radical (unpaired) electrons. The first-order valence-corrected chi connectivity index (χ1v) is 9.17. The summed E-state index contributed by atoms with van der Waals surface area (Å²) >= 11 is 2.72. The Bertz CT molecular complexity index is 967. The van der Waals surface area contributed by atoms with Gasteiger partial charge in [0.2, 0.25) is 0 Å². The monoisotopic (exact) mass is 353 g/mol. The number of nitrogens with zero attached hydrogens (tertiary/aromatic N) is 1. The van der Waals surface area contributed by atoms with Crippen LogP contribution in [0.25, 0.3) is 21.9 Å². The first-order chi connectivity index (χ1) is 11.5. The lowest BCUT2D eigenvalue weighted by molar-refractivity contribution is 0.0703. The number of rotatable bonds is 4. The van der Waals surface area contributed by atoms with Crippen molar-refractivity contribution in [2.75, 3.05) is 0 Å². The van der Waals surface area contributed by atoms with Crippen molar-refractivity contribution in [2.24, 2.45) is 0 Å². The predicted octanol–water partition coefficient (Wildman–Crippen LogP) is 5.64. The summed E-state index contributed by atoms with van der Waals surface area (Å²) in [5.74, 6) is -0.990. The summed E-state index contributed by atoms with van der Waals surface area (Å²) in [6.07, 6.45) is 0. The fourth-order valence-electron chi connectivity index (χ4n) is 2.58. The average Bonchev–Trinajstić information content (AvgIpc) is 2.92. The smallest absolute Gasteiger partial charge is 0.346 e. The minimum absolute atomic E-state index is 0.227. The SMILES string of the molecule is CC(C)Sc1sc(C(=O)O)c(-c2ccc3ccccc3c2)c1C#N. The minimum atomic E-state index is -0.990. The largest absolute Gasteiger partial charge is 0.477 e. The molecule has 0 unspecified atom stereocenters. The molecule has 0 atom stereocenters. The Hall–Kier alpha value is -2.29. The molecule has 2 aromatic carbocycles. The highest BCUT2D eigenvalue weighted by molar-refractivity contribution is 8.01. The van der Waals surface area contributed by atoms with Gasteiger partial charge in [-0.05, 0) is 22.4 Å². The van der Waals surface area contributed by atoms with Crippen molar-refractivity contribution in [3.8, 4) is 17.2 Å². The van der Waals surface area contributed by atoms with Gasteiger partial charge in [0, 0.05) is 10.8 Å². The molecular weight excluding hydrogens is 338 g/mol. The van der Waals surface area contributed by atoms with Crippen LogP contribution in [0.5, 0.6) is 0 Å². The van der Waals surface area contributed by atoms with E-state index in [4.69, 9.17) is 0 Å². The molecule has 5 heteroatoms. The van der Waals surface area contributed by atoms with Crippen molar-refractivity contribution in [2.45, 2.75) is 23.3 Å². The Kier molecular flexibility index (Phi) is 4.61. The summed E-state index contributed by atoms with van der Waals surface area (Å²) < 4.78 is 0.771. The molecule has 0 spiro atoms. The number of nitriles is 1. The van der Waals surface area contributed by atoms with Gasteiger partial charge in [-0.15, -0.1) is 23.1 Å². The second kappa shape index (κ2) is 6.68. The highest BCUT2D eigenvalue weighted by Crippen LogP contribution is 2.43. The molecule has 0 saturated heterocycles. The zero-order valence-corrected chi connectivity index (χ0v) is 14.9. The second-order valence-electron chi connectivity index (χ2n) is 5.61. The van der Waals surface area contributed by atoms with Crippen LogP contribution in [-0.4, -0.2) is 16.3 Å². The van der Waals surface area contributed by atoms with Gasteiger partial charge in [0.1, 0.15) is 10.9 Å². The summed E-state index contributed by atoms with van der Waals surface area (Å²) in [6.45, 7) is 4.06. The maximum atomic E-state index is 11.7. The third kappa shape index (κ3) is 3.03. The Balaban J connectivity index is 2.25. The van der Waals surface area contributed by atoms with Crippen LogP contribution in [-0.2, 0) is 0 Å². The van der Waals surface area contributed by atoms with Gasteiger partial charge in [0.15, 0.2) is 0 Å². The lowest BCUT2D eigenvalue weighted by atomic mass is 9.99. The maximum Gasteiger partial charge on any atom is 0.346 e. The van der Waals surface area contributed by atoms with E-state index < -0.39 is 5.97 Å². The molecule has 3 rings (SSSR count). The molecule has 3 nitrogen and oxygen atoms in total. The molecule has 0 fully saturated rings. The van der Waals surface area contributed by atoms with Crippen LogP contribution in [0.4, 0.5) is 0 Å². The zero-order chi connectivity index (χ0) is 17.3. The third-order valence-electron chi connectivity index (χ3n) is 3.56. The number of benzene rings is 2. The molecule has 1 aromatic heterocycles. The molecular formula is C19H15NO2S2. The molecule has 24 heavy (non-hydrogen) atoms. The highest BCUT2D eigenvalue weighted by Gasteiger charge is 2.24. The number of carbonyl (C=O) groups is 1. The molecule has 0 aliphatic rings. The van der Waals surface area contributed by atoms with Crippen LogP contribution in [0.1, 0.15) is 29.1 Å². The van der Waals surface area contributed by atoms with Gasteiger partial charge < -0.3 is 5.11 Å². The number of hydrogen-bond acceptors (Lipinski definition) is 4. The third-order valence-corrected chi connectivity index (χ3v) is 5.96. The molecule has 1 heterocycles. The topological polar surface area (TPSA) is 61.1 Å². The molecule has 1 N–H and O–H groups in total. The highest BCUT2D eigenvalue weighted by atomic mass is 32.2. The molecule has 120 valence electrons. The van der Waals surface area contributed by atoms with Gasteiger partial charge in [-0.25, -0.2) is 4.79 Å². The van der Waals surface area contributed by atoms with E-state index in [1.54, 1.807) is 0 Å². The lowest BCUT2D eigenvalue weighted by Crippen LogP contribution is -1.95. The Morgan fingerprint density at radius 2 is 1.92 bits per heavy atom. The van der Waals surface area contributed by atoms with Crippen LogP contribution in [0, 0.1) is 11.3 Å². The number of carboxylic acid groups (broad SMARTS) is 1. The normalized spacial score (nSPS) is 10.9. The summed E-state index contributed by atoms with van der Waals surface area (Å²) in [7, 11) is 0. The van der Waals surface area contributed by atoms with Crippen LogP contribution >= 0.6 is 23.1 Å². The Morgan fingerprint density at radius 1 is 1.21 bits per heavy atom. The van der Waals surface area contributed by atoms with Gasteiger partial charge in [0.25, 0.3) is 0 Å². The summed E-state index contributed by atoms with van der Waals surface area (Å²) in [5.41, 5.74) is 1.77. The van der Waals surface area contributed by atoms with E-state index in [0.29, 0.717) is 11.1 Å². The standard InChI is InChI=1S/C19H15NO2S2/c1-11(2)23-19-15(10-20)16(17(24-19)18(21)22)14-8-7-12-5-3-4-6-13(12)9-14/h3-9,11H,1-2H3,(H,21,22). The van der Waals surface area contributed by atoms with E-state index in [-0.39, 0.29) is 10.1 Å². The average molecular weight is 353 g/mol. The van der Waals surface area contributed by atoms with E-state index in [0.717, 1.165) is 20.5 Å². The fourth-order valence-corrected chi connectivity index (χ4v) is 5.14. The van der Waals surface area contributed by atoms with Gasteiger partial charge in [-0.1, -0.05) is 50.2 Å². The number of hydrogen-bond donors (Lipinski definition) is 1. The minimum Gasteiger partial charge on any atom is -0.477 e. The number of aromatic carboxylic acids is 1. The van der Waals surface area contributed by atoms with Crippen molar-refractivity contribution in [3.05, 3.63) is 52.9 Å². The fraction of sp³-hybridized carbons (Fsp3) is 0.158. The summed E-state index contributed by atoms with van der Waals surface area (Å²) in [5, 5.41) is 21.6. The predicted molar refractivity (Wildman–Crippen MR) is 99.9 cm³/mol. The second-order valence-corrected chi connectivity index (χ2v) is 8.48. The van der Waals surface area contributed by atoms with E-state index in [1.165, 1.54) is 23.1 Å². The molecule has 0 aliphatic heterocycles. The number of thiophene rings is 1. The van der Waals surface area contributed by atoms with Gasteiger partial charge in [-0.3, -0.25) is 0 Å². The van der Waals surface area contributed by atoms with Gasteiger partial charge >= 0.3 is 5.97 Å². The van der Waals surface area contributed by atoms with Gasteiger partial charge in [0.05, 0.1) is 9.77 Å². The Labute approximate surface area is 148 Å². The van der Waals surface area contributed by atoms with Gasteiger partial charge in [-0.2, -0.15) is 5.26 Å². The van der Waals surface area contributed by atoms with Crippen LogP contribution in [0.2, 0.25) is 0 Å². The van der Waals surface area contributed by atoms with Crippen molar-refractivity contribution in [1.82, 2.24) is 0 Å². The van der Waals surface area contributed by atoms with Crippen LogP contribution in [0.3, 0.4) is 0 Å². The van der Waals surface area contributed by atoms with E-state index in [9.17, 15) is 15.2 Å².